The highest BCUT2D eigenvalue weighted by molar-refractivity contribution is 6.05. The average molecular weight is 547 g/mol. The Morgan fingerprint density at radius 3 is 2.55 bits per heavy atom. The van der Waals surface area contributed by atoms with E-state index in [1.54, 1.807) is 11.0 Å². The molecule has 40 heavy (non-hydrogen) atoms. The lowest BCUT2D eigenvalue weighted by Gasteiger charge is -2.40. The molecule has 1 spiro atoms. The minimum atomic E-state index is -1.22. The zero-order valence-electron chi connectivity index (χ0n) is 23.4. The van der Waals surface area contributed by atoms with E-state index in [0.717, 1.165) is 10.8 Å². The van der Waals surface area contributed by atoms with Crippen molar-refractivity contribution in [1.29, 1.82) is 0 Å². The monoisotopic (exact) mass is 546 g/mol. The van der Waals surface area contributed by atoms with Gasteiger partial charge in [0.1, 0.15) is 24.2 Å². The maximum atomic E-state index is 14.7. The van der Waals surface area contributed by atoms with Gasteiger partial charge in [0.15, 0.2) is 0 Å². The summed E-state index contributed by atoms with van der Waals surface area (Å²) in [5.41, 5.74) is -1.50. The maximum Gasteiger partial charge on any atom is 0.313 e. The van der Waals surface area contributed by atoms with Crippen LogP contribution in [-0.2, 0) is 23.9 Å². The van der Waals surface area contributed by atoms with Crippen LogP contribution in [0.2, 0.25) is 0 Å². The number of aliphatic hydroxyl groups excluding tert-OH is 1. The van der Waals surface area contributed by atoms with E-state index >= 15 is 0 Å². The summed E-state index contributed by atoms with van der Waals surface area (Å²) in [5, 5.41) is 12.5. The molecule has 3 fully saturated rings. The molecular weight excluding hydrogens is 508 g/mol. The van der Waals surface area contributed by atoms with Crippen LogP contribution in [0.15, 0.2) is 67.8 Å². The molecule has 2 aromatic rings. The fourth-order valence-electron chi connectivity index (χ4n) is 7.15. The molecular formula is C32H38N2O6. The van der Waals surface area contributed by atoms with Gasteiger partial charge < -0.3 is 24.4 Å². The summed E-state index contributed by atoms with van der Waals surface area (Å²) in [4.78, 5) is 45.5. The lowest BCUT2D eigenvalue weighted by molar-refractivity contribution is -0.160. The zero-order chi connectivity index (χ0) is 28.8. The molecule has 5 rings (SSSR count). The van der Waals surface area contributed by atoms with Gasteiger partial charge in [-0.15, -0.1) is 6.58 Å². The average Bonchev–Trinajstić information content (AvgIpc) is 3.51. The number of anilines is 1. The summed E-state index contributed by atoms with van der Waals surface area (Å²) in [6.07, 6.45) is 4.08. The summed E-state index contributed by atoms with van der Waals surface area (Å²) in [5.74, 6) is -3.12. The third-order valence-corrected chi connectivity index (χ3v) is 8.98. The Hall–Kier alpha value is -3.49. The van der Waals surface area contributed by atoms with E-state index in [1.165, 1.54) is 11.0 Å². The summed E-state index contributed by atoms with van der Waals surface area (Å²) < 4.78 is 12.1. The van der Waals surface area contributed by atoms with Crippen molar-refractivity contribution in [3.05, 3.63) is 67.8 Å². The van der Waals surface area contributed by atoms with Gasteiger partial charge in [-0.2, -0.15) is 0 Å². The van der Waals surface area contributed by atoms with Gasteiger partial charge in [0, 0.05) is 12.2 Å². The Labute approximate surface area is 235 Å². The highest BCUT2D eigenvalue weighted by Gasteiger charge is 2.79. The number of fused-ring (bicyclic) bond motifs is 2. The van der Waals surface area contributed by atoms with E-state index in [0.29, 0.717) is 18.5 Å². The lowest BCUT2D eigenvalue weighted by Crippen LogP contribution is -2.60. The van der Waals surface area contributed by atoms with Gasteiger partial charge in [0.2, 0.25) is 5.91 Å². The summed E-state index contributed by atoms with van der Waals surface area (Å²) in [6.45, 7) is 13.1. The van der Waals surface area contributed by atoms with Crippen LogP contribution < -0.4 is 4.90 Å². The van der Waals surface area contributed by atoms with E-state index in [4.69, 9.17) is 9.47 Å². The molecule has 212 valence electrons. The number of hydrogen-bond acceptors (Lipinski definition) is 6. The van der Waals surface area contributed by atoms with Crippen molar-refractivity contribution < 1.29 is 29.0 Å². The Morgan fingerprint density at radius 2 is 1.90 bits per heavy atom. The highest BCUT2D eigenvalue weighted by Crippen LogP contribution is 2.64. The molecule has 0 aliphatic carbocycles. The second kappa shape index (κ2) is 10.5. The van der Waals surface area contributed by atoms with Crippen LogP contribution in [-0.4, -0.2) is 70.8 Å². The first-order valence-electron chi connectivity index (χ1n) is 14.0. The minimum absolute atomic E-state index is 0.0196. The normalized spacial score (nSPS) is 29.5. The molecule has 0 saturated carbocycles. The van der Waals surface area contributed by atoms with Crippen LogP contribution >= 0.6 is 0 Å². The molecule has 3 saturated heterocycles. The molecule has 2 bridgehead atoms. The van der Waals surface area contributed by atoms with Crippen molar-refractivity contribution in [3.8, 4) is 0 Å². The van der Waals surface area contributed by atoms with Crippen molar-refractivity contribution in [1.82, 2.24) is 4.90 Å². The number of amides is 2. The fourth-order valence-corrected chi connectivity index (χ4v) is 7.15. The van der Waals surface area contributed by atoms with Gasteiger partial charge in [0.25, 0.3) is 5.91 Å². The Balaban J connectivity index is 1.63. The quantitative estimate of drug-likeness (QED) is 0.359. The summed E-state index contributed by atoms with van der Waals surface area (Å²) >= 11 is 0. The zero-order valence-corrected chi connectivity index (χ0v) is 23.4. The number of carbonyl (C=O) groups is 3. The SMILES string of the molecule is C=CCOC(=O)[C@H]1[C@H]2C(=O)N([C@@H](CO)C(C)C)C(C(=O)N(CC=C)c3ccc4ccccc4c3)C23CC[C@]1(C)O3. The highest BCUT2D eigenvalue weighted by atomic mass is 16.6. The molecule has 2 unspecified atom stereocenters. The van der Waals surface area contributed by atoms with Crippen LogP contribution in [0.4, 0.5) is 5.69 Å². The van der Waals surface area contributed by atoms with E-state index < -0.39 is 41.1 Å². The molecule has 3 aliphatic rings. The van der Waals surface area contributed by atoms with E-state index in [2.05, 4.69) is 13.2 Å². The van der Waals surface area contributed by atoms with Gasteiger partial charge in [0.05, 0.1) is 24.2 Å². The first kappa shape index (κ1) is 28.1. The van der Waals surface area contributed by atoms with Crippen LogP contribution in [0.25, 0.3) is 10.8 Å². The Morgan fingerprint density at radius 1 is 1.18 bits per heavy atom. The van der Waals surface area contributed by atoms with Crippen molar-refractivity contribution >= 4 is 34.2 Å². The number of carbonyl (C=O) groups excluding carboxylic acids is 3. The Bertz CT molecular complexity index is 1360. The second-order valence-electron chi connectivity index (χ2n) is 11.7. The third kappa shape index (κ3) is 4.16. The van der Waals surface area contributed by atoms with Gasteiger partial charge in [-0.1, -0.05) is 62.9 Å². The van der Waals surface area contributed by atoms with E-state index in [-0.39, 0.29) is 37.5 Å². The maximum absolute atomic E-state index is 14.7. The summed E-state index contributed by atoms with van der Waals surface area (Å²) in [6, 6.07) is 12.0. The molecule has 3 heterocycles. The predicted octanol–water partition coefficient (Wildman–Crippen LogP) is 3.87. The number of rotatable bonds is 10. The van der Waals surface area contributed by atoms with Crippen LogP contribution in [0.1, 0.15) is 33.6 Å². The van der Waals surface area contributed by atoms with Crippen molar-refractivity contribution in [2.45, 2.75) is 56.9 Å². The Kier molecular flexibility index (Phi) is 7.35. The predicted molar refractivity (Wildman–Crippen MR) is 152 cm³/mol. The van der Waals surface area contributed by atoms with Crippen LogP contribution in [0, 0.1) is 17.8 Å². The minimum Gasteiger partial charge on any atom is -0.461 e. The number of likely N-dealkylation sites (tertiary alicyclic amines) is 1. The summed E-state index contributed by atoms with van der Waals surface area (Å²) in [7, 11) is 0. The van der Waals surface area contributed by atoms with Gasteiger partial charge >= 0.3 is 5.97 Å². The van der Waals surface area contributed by atoms with Gasteiger partial charge in [-0.05, 0) is 48.6 Å². The molecule has 3 aliphatic heterocycles. The van der Waals surface area contributed by atoms with Crippen molar-refractivity contribution in [2.75, 3.05) is 24.7 Å². The number of aliphatic hydroxyl groups is 1. The molecule has 0 radical (unpaired) electrons. The van der Waals surface area contributed by atoms with Crippen molar-refractivity contribution in [2.24, 2.45) is 17.8 Å². The number of ether oxygens (including phenoxy) is 2. The first-order valence-corrected chi connectivity index (χ1v) is 14.0. The lowest BCUT2D eigenvalue weighted by atomic mass is 9.66. The molecule has 8 nitrogen and oxygen atoms in total. The molecule has 2 aromatic carbocycles. The molecule has 2 amide bonds. The standard InChI is InChI=1S/C32H38N2O6/c1-6-16-33(23-13-12-21-10-8-9-11-22(21)18-23)29(37)27-32-15-14-31(5,40-32)26(30(38)39-17-7-2)25(32)28(36)34(27)24(19-35)20(3)4/h6-13,18,20,24-27,35H,1-2,14-17,19H2,3-5H3/t24-,25-,26+,27?,31-,32?/m0/s1. The first-order chi connectivity index (χ1) is 19.1. The molecule has 1 N–H and O–H groups in total. The topological polar surface area (TPSA) is 96.4 Å². The fraction of sp³-hybridized carbons (Fsp3) is 0.469. The number of nitrogens with zero attached hydrogens (tertiary/aromatic N) is 2. The second-order valence-corrected chi connectivity index (χ2v) is 11.7. The molecule has 8 heteroatoms. The number of hydrogen-bond donors (Lipinski definition) is 1. The number of esters is 1. The van der Waals surface area contributed by atoms with Crippen molar-refractivity contribution in [3.63, 3.8) is 0 Å². The van der Waals surface area contributed by atoms with Gasteiger partial charge in [-0.25, -0.2) is 0 Å². The molecule has 6 atom stereocenters. The number of benzene rings is 2. The van der Waals surface area contributed by atoms with Crippen LogP contribution in [0.5, 0.6) is 0 Å². The molecule has 0 aromatic heterocycles. The largest absolute Gasteiger partial charge is 0.461 e. The van der Waals surface area contributed by atoms with E-state index in [1.807, 2.05) is 63.2 Å². The van der Waals surface area contributed by atoms with Gasteiger partial charge in [-0.3, -0.25) is 14.4 Å². The van der Waals surface area contributed by atoms with E-state index in [9.17, 15) is 19.5 Å². The smallest absolute Gasteiger partial charge is 0.313 e. The van der Waals surface area contributed by atoms with Crippen LogP contribution in [0.3, 0.4) is 0 Å². The third-order valence-electron chi connectivity index (χ3n) is 8.98.